The Balaban J connectivity index is 2.31. The van der Waals surface area contributed by atoms with Crippen molar-refractivity contribution >= 4 is 27.1 Å². The molecule has 0 aliphatic rings. The third-order valence-corrected chi connectivity index (χ3v) is 4.67. The summed E-state index contributed by atoms with van der Waals surface area (Å²) >= 11 is 5.76. The van der Waals surface area contributed by atoms with Gasteiger partial charge in [-0.1, -0.05) is 35.9 Å². The smallest absolute Gasteiger partial charge is 0.258 e. The van der Waals surface area contributed by atoms with Crippen LogP contribution in [0.1, 0.15) is 5.56 Å². The number of sulfone groups is 1. The van der Waals surface area contributed by atoms with Crippen molar-refractivity contribution in [2.75, 3.05) is 0 Å². The van der Waals surface area contributed by atoms with Crippen LogP contribution in [0.15, 0.2) is 53.4 Å². The molecule has 0 heterocycles. The largest absolute Gasteiger partial charge is 0.287 e. The second-order valence-electron chi connectivity index (χ2n) is 4.12. The van der Waals surface area contributed by atoms with Gasteiger partial charge in [-0.25, -0.2) is 8.42 Å². The molecule has 0 unspecified atom stereocenters. The summed E-state index contributed by atoms with van der Waals surface area (Å²) < 4.78 is 24.3. The van der Waals surface area contributed by atoms with Gasteiger partial charge in [-0.2, -0.15) is 0 Å². The van der Waals surface area contributed by atoms with Crippen LogP contribution in [0.25, 0.3) is 0 Å². The van der Waals surface area contributed by atoms with Crippen LogP contribution in [0.5, 0.6) is 0 Å². The lowest BCUT2D eigenvalue weighted by Gasteiger charge is -2.05. The molecule has 0 saturated carbocycles. The number of benzene rings is 2. The summed E-state index contributed by atoms with van der Waals surface area (Å²) in [6.45, 7) is 0. The van der Waals surface area contributed by atoms with E-state index in [4.69, 9.17) is 11.6 Å². The summed E-state index contributed by atoms with van der Waals surface area (Å²) in [6.07, 6.45) is 0. The molecule has 0 radical (unpaired) electrons. The highest BCUT2D eigenvalue weighted by Crippen LogP contribution is 2.26. The fraction of sp³-hybridized carbons (Fsp3) is 0.0769. The number of rotatable bonds is 4. The van der Waals surface area contributed by atoms with Crippen LogP contribution in [0.2, 0.25) is 5.02 Å². The van der Waals surface area contributed by atoms with Crippen molar-refractivity contribution in [2.24, 2.45) is 0 Å². The van der Waals surface area contributed by atoms with Gasteiger partial charge in [-0.3, -0.25) is 10.1 Å². The molecule has 104 valence electrons. The fourth-order valence-corrected chi connectivity index (χ4v) is 3.35. The normalized spacial score (nSPS) is 11.2. The molecule has 0 saturated heterocycles. The highest BCUT2D eigenvalue weighted by Gasteiger charge is 2.18. The van der Waals surface area contributed by atoms with E-state index in [1.165, 1.54) is 30.3 Å². The molecule has 0 spiro atoms. The number of nitro groups is 1. The first-order chi connectivity index (χ1) is 9.40. The van der Waals surface area contributed by atoms with E-state index in [0.717, 1.165) is 0 Å². The SMILES string of the molecule is O=[N+]([O-])c1ccc(CS(=O)(=O)c2ccccc2)cc1Cl. The van der Waals surface area contributed by atoms with E-state index in [9.17, 15) is 18.5 Å². The van der Waals surface area contributed by atoms with E-state index < -0.39 is 14.8 Å². The summed E-state index contributed by atoms with van der Waals surface area (Å²) in [5, 5.41) is 10.6. The van der Waals surface area contributed by atoms with Gasteiger partial charge in [0.1, 0.15) is 5.02 Å². The van der Waals surface area contributed by atoms with Crippen molar-refractivity contribution in [3.8, 4) is 0 Å². The zero-order valence-electron chi connectivity index (χ0n) is 10.2. The van der Waals surface area contributed by atoms with Crippen molar-refractivity contribution in [3.63, 3.8) is 0 Å². The Morgan fingerprint density at radius 3 is 2.30 bits per heavy atom. The van der Waals surface area contributed by atoms with Gasteiger partial charge in [0.2, 0.25) is 0 Å². The molecule has 0 atom stereocenters. The average molecular weight is 312 g/mol. The van der Waals surface area contributed by atoms with Crippen LogP contribution >= 0.6 is 11.6 Å². The summed E-state index contributed by atoms with van der Waals surface area (Å²) in [7, 11) is -3.49. The van der Waals surface area contributed by atoms with E-state index >= 15 is 0 Å². The number of nitrogens with zero attached hydrogens (tertiary/aromatic N) is 1. The second kappa shape index (κ2) is 5.60. The molecule has 0 bridgehead atoms. The number of hydrogen-bond donors (Lipinski definition) is 0. The lowest BCUT2D eigenvalue weighted by Crippen LogP contribution is -2.05. The van der Waals surface area contributed by atoms with Crippen LogP contribution < -0.4 is 0 Å². The Kier molecular flexibility index (Phi) is 4.06. The van der Waals surface area contributed by atoms with E-state index in [1.807, 2.05) is 0 Å². The van der Waals surface area contributed by atoms with Gasteiger partial charge in [-0.15, -0.1) is 0 Å². The summed E-state index contributed by atoms with van der Waals surface area (Å²) in [5.41, 5.74) is 0.164. The van der Waals surface area contributed by atoms with Crippen LogP contribution in [0.4, 0.5) is 5.69 Å². The van der Waals surface area contributed by atoms with Crippen molar-refractivity contribution in [1.29, 1.82) is 0 Å². The molecule has 20 heavy (non-hydrogen) atoms. The monoisotopic (exact) mass is 311 g/mol. The zero-order chi connectivity index (χ0) is 14.8. The van der Waals surface area contributed by atoms with Crippen molar-refractivity contribution in [1.82, 2.24) is 0 Å². The lowest BCUT2D eigenvalue weighted by atomic mass is 10.2. The van der Waals surface area contributed by atoms with E-state index in [0.29, 0.717) is 5.56 Å². The van der Waals surface area contributed by atoms with Gasteiger partial charge in [0, 0.05) is 6.07 Å². The van der Waals surface area contributed by atoms with Crippen LogP contribution in [0, 0.1) is 10.1 Å². The molecule has 0 fully saturated rings. The molecule has 7 heteroatoms. The van der Waals surface area contributed by atoms with Gasteiger partial charge in [0.25, 0.3) is 5.69 Å². The maximum Gasteiger partial charge on any atom is 0.287 e. The standard InChI is InChI=1S/C13H10ClNO4S/c14-12-8-10(6-7-13(12)15(16)17)9-20(18,19)11-4-2-1-3-5-11/h1-8H,9H2. The van der Waals surface area contributed by atoms with Crippen molar-refractivity contribution in [2.45, 2.75) is 10.6 Å². The van der Waals surface area contributed by atoms with E-state index in [1.54, 1.807) is 18.2 Å². The molecule has 2 rings (SSSR count). The van der Waals surface area contributed by atoms with Gasteiger partial charge in [0.15, 0.2) is 9.84 Å². The first-order valence-corrected chi connectivity index (χ1v) is 7.64. The molecular weight excluding hydrogens is 302 g/mol. The predicted molar refractivity (Wildman–Crippen MR) is 75.4 cm³/mol. The minimum atomic E-state index is -3.49. The average Bonchev–Trinajstić information content (AvgIpc) is 2.39. The first kappa shape index (κ1) is 14.5. The Labute approximate surface area is 120 Å². The van der Waals surface area contributed by atoms with Gasteiger partial charge in [0.05, 0.1) is 15.6 Å². The summed E-state index contributed by atoms with van der Waals surface area (Å²) in [6, 6.07) is 11.9. The molecule has 0 N–H and O–H groups in total. The lowest BCUT2D eigenvalue weighted by molar-refractivity contribution is -0.384. The maximum absolute atomic E-state index is 12.2. The van der Waals surface area contributed by atoms with Gasteiger partial charge < -0.3 is 0 Å². The Hall–Kier alpha value is -1.92. The topological polar surface area (TPSA) is 77.3 Å². The number of nitro benzene ring substituents is 1. The molecule has 0 aliphatic carbocycles. The molecule has 0 aliphatic heterocycles. The molecular formula is C13H10ClNO4S. The molecule has 0 amide bonds. The van der Waals surface area contributed by atoms with Crippen LogP contribution in [-0.4, -0.2) is 13.3 Å². The van der Waals surface area contributed by atoms with Crippen molar-refractivity contribution in [3.05, 3.63) is 69.2 Å². The van der Waals surface area contributed by atoms with Crippen LogP contribution in [-0.2, 0) is 15.6 Å². The quantitative estimate of drug-likeness (QED) is 0.641. The van der Waals surface area contributed by atoms with Crippen molar-refractivity contribution < 1.29 is 13.3 Å². The number of halogens is 1. The first-order valence-electron chi connectivity index (χ1n) is 5.61. The maximum atomic E-state index is 12.2. The molecule has 2 aromatic carbocycles. The fourth-order valence-electron chi connectivity index (χ4n) is 1.72. The number of hydrogen-bond acceptors (Lipinski definition) is 4. The van der Waals surface area contributed by atoms with Gasteiger partial charge in [-0.05, 0) is 23.8 Å². The van der Waals surface area contributed by atoms with Gasteiger partial charge >= 0.3 is 0 Å². The Bertz CT molecular complexity index is 744. The highest BCUT2D eigenvalue weighted by atomic mass is 35.5. The summed E-state index contributed by atoms with van der Waals surface area (Å²) in [4.78, 5) is 10.2. The second-order valence-corrected chi connectivity index (χ2v) is 6.51. The van der Waals surface area contributed by atoms with E-state index in [2.05, 4.69) is 0 Å². The Morgan fingerprint density at radius 2 is 1.75 bits per heavy atom. The highest BCUT2D eigenvalue weighted by molar-refractivity contribution is 7.90. The molecule has 5 nitrogen and oxygen atoms in total. The van der Waals surface area contributed by atoms with Crippen LogP contribution in [0.3, 0.4) is 0 Å². The third-order valence-electron chi connectivity index (χ3n) is 2.67. The molecule has 0 aromatic heterocycles. The minimum Gasteiger partial charge on any atom is -0.258 e. The van der Waals surface area contributed by atoms with E-state index in [-0.39, 0.29) is 21.4 Å². The predicted octanol–water partition coefficient (Wildman–Crippen LogP) is 3.22. The third kappa shape index (κ3) is 3.15. The summed E-state index contributed by atoms with van der Waals surface area (Å²) in [5.74, 6) is -0.255. The zero-order valence-corrected chi connectivity index (χ0v) is 11.8. The Morgan fingerprint density at radius 1 is 1.10 bits per heavy atom. The minimum absolute atomic E-state index is 0.0734. The molecule has 2 aromatic rings.